The summed E-state index contributed by atoms with van der Waals surface area (Å²) in [6, 6.07) is 14.6. The third-order valence-corrected chi connectivity index (χ3v) is 5.63. The Morgan fingerprint density at radius 1 is 1.03 bits per heavy atom. The van der Waals surface area contributed by atoms with Crippen molar-refractivity contribution in [1.29, 1.82) is 0 Å². The standard InChI is InChI=1S/C24H25FN6O/c1-16(2)19-15-17(7-8-21(19)30-11-13-32-14-12-30)27-24-29-23(18-5-3-4-6-20(18)25)28-22-9-10-26-31(22)24/h3-10,15-16H,11-14H2,1-2H3,(H,27,28,29). The fourth-order valence-electron chi connectivity index (χ4n) is 3.99. The van der Waals surface area contributed by atoms with Crippen molar-refractivity contribution in [3.05, 3.63) is 66.1 Å². The lowest BCUT2D eigenvalue weighted by molar-refractivity contribution is 0.122. The number of halogens is 1. The predicted octanol–water partition coefficient (Wildman–Crippen LogP) is 4.63. The van der Waals surface area contributed by atoms with Crippen LogP contribution in [0.4, 0.5) is 21.7 Å². The van der Waals surface area contributed by atoms with Crippen LogP contribution in [0.1, 0.15) is 25.3 Å². The number of hydrogen-bond acceptors (Lipinski definition) is 6. The fraction of sp³-hybridized carbons (Fsp3) is 0.292. The Hall–Kier alpha value is -3.52. The molecule has 0 amide bonds. The molecule has 2 aromatic carbocycles. The zero-order valence-electron chi connectivity index (χ0n) is 18.1. The van der Waals surface area contributed by atoms with Crippen LogP contribution in [-0.4, -0.2) is 45.9 Å². The van der Waals surface area contributed by atoms with Gasteiger partial charge in [0.15, 0.2) is 11.5 Å². The SMILES string of the molecule is CC(C)c1cc(Nc2nc(-c3ccccc3F)nc3ccnn23)ccc1N1CCOCC1. The van der Waals surface area contributed by atoms with Crippen LogP contribution in [0.25, 0.3) is 17.0 Å². The molecule has 0 aliphatic carbocycles. The monoisotopic (exact) mass is 432 g/mol. The quantitative estimate of drug-likeness (QED) is 0.496. The van der Waals surface area contributed by atoms with Crippen molar-refractivity contribution in [2.75, 3.05) is 36.5 Å². The lowest BCUT2D eigenvalue weighted by atomic mass is 9.99. The predicted molar refractivity (Wildman–Crippen MR) is 123 cm³/mol. The van der Waals surface area contributed by atoms with E-state index in [1.165, 1.54) is 17.3 Å². The summed E-state index contributed by atoms with van der Waals surface area (Å²) in [5, 5.41) is 7.71. The van der Waals surface area contributed by atoms with Crippen molar-refractivity contribution in [3.8, 4) is 11.4 Å². The summed E-state index contributed by atoms with van der Waals surface area (Å²) >= 11 is 0. The average molecular weight is 433 g/mol. The number of hydrogen-bond donors (Lipinski definition) is 1. The van der Waals surface area contributed by atoms with Gasteiger partial charge in [0.25, 0.3) is 0 Å². The molecule has 164 valence electrons. The number of ether oxygens (including phenoxy) is 1. The summed E-state index contributed by atoms with van der Waals surface area (Å²) in [7, 11) is 0. The molecule has 1 saturated heterocycles. The highest BCUT2D eigenvalue weighted by Crippen LogP contribution is 2.32. The van der Waals surface area contributed by atoms with Gasteiger partial charge in [0.2, 0.25) is 5.95 Å². The molecule has 3 heterocycles. The molecule has 5 rings (SSSR count). The number of nitrogens with one attached hydrogen (secondary N) is 1. The Bertz CT molecular complexity index is 1250. The van der Waals surface area contributed by atoms with Crippen molar-refractivity contribution < 1.29 is 9.13 Å². The first-order valence-electron chi connectivity index (χ1n) is 10.8. The Kier molecular flexibility index (Phi) is 5.45. The maximum absolute atomic E-state index is 14.4. The number of rotatable bonds is 5. The second-order valence-corrected chi connectivity index (χ2v) is 8.10. The van der Waals surface area contributed by atoms with Crippen LogP contribution in [0.5, 0.6) is 0 Å². The van der Waals surface area contributed by atoms with Crippen LogP contribution in [0, 0.1) is 5.82 Å². The summed E-state index contributed by atoms with van der Waals surface area (Å²) in [6.07, 6.45) is 1.65. The molecule has 1 N–H and O–H groups in total. The van der Waals surface area contributed by atoms with Gasteiger partial charge in [-0.3, -0.25) is 0 Å². The molecule has 2 aromatic heterocycles. The highest BCUT2D eigenvalue weighted by Gasteiger charge is 2.18. The highest BCUT2D eigenvalue weighted by atomic mass is 19.1. The first-order valence-corrected chi connectivity index (χ1v) is 10.8. The van der Waals surface area contributed by atoms with Gasteiger partial charge in [-0.2, -0.15) is 14.6 Å². The third kappa shape index (κ3) is 3.89. The van der Waals surface area contributed by atoms with E-state index in [2.05, 4.69) is 51.3 Å². The van der Waals surface area contributed by atoms with E-state index in [0.717, 1.165) is 32.0 Å². The average Bonchev–Trinajstić information content (AvgIpc) is 3.29. The van der Waals surface area contributed by atoms with Crippen molar-refractivity contribution in [2.24, 2.45) is 0 Å². The molecule has 8 heteroatoms. The van der Waals surface area contributed by atoms with E-state index in [1.807, 2.05) is 6.07 Å². The summed E-state index contributed by atoms with van der Waals surface area (Å²) in [5.74, 6) is 0.776. The number of benzene rings is 2. The molecule has 4 aromatic rings. The first kappa shape index (κ1) is 20.4. The molecule has 0 saturated carbocycles. The number of fused-ring (bicyclic) bond motifs is 1. The lowest BCUT2D eigenvalue weighted by Gasteiger charge is -2.31. The summed E-state index contributed by atoms with van der Waals surface area (Å²) in [4.78, 5) is 11.4. The summed E-state index contributed by atoms with van der Waals surface area (Å²) in [5.41, 5.74) is 4.31. The molecule has 0 bridgehead atoms. The maximum Gasteiger partial charge on any atom is 0.232 e. The first-order chi connectivity index (χ1) is 15.6. The molecule has 1 fully saturated rings. The maximum atomic E-state index is 14.4. The molecule has 32 heavy (non-hydrogen) atoms. The highest BCUT2D eigenvalue weighted by molar-refractivity contribution is 5.67. The van der Waals surface area contributed by atoms with Crippen molar-refractivity contribution in [1.82, 2.24) is 19.6 Å². The minimum Gasteiger partial charge on any atom is -0.378 e. The molecular weight excluding hydrogens is 407 g/mol. The zero-order chi connectivity index (χ0) is 22.1. The summed E-state index contributed by atoms with van der Waals surface area (Å²) in [6.45, 7) is 7.64. The number of anilines is 3. The molecule has 1 aliphatic rings. The largest absolute Gasteiger partial charge is 0.378 e. The van der Waals surface area contributed by atoms with Gasteiger partial charge in [0.05, 0.1) is 25.0 Å². The zero-order valence-corrected chi connectivity index (χ0v) is 18.1. The van der Waals surface area contributed by atoms with Gasteiger partial charge in [-0.15, -0.1) is 0 Å². The lowest BCUT2D eigenvalue weighted by Crippen LogP contribution is -2.36. The molecule has 0 unspecified atom stereocenters. The third-order valence-electron chi connectivity index (χ3n) is 5.63. The molecule has 0 atom stereocenters. The normalized spacial score (nSPS) is 14.3. The topological polar surface area (TPSA) is 67.6 Å². The second-order valence-electron chi connectivity index (χ2n) is 8.10. The molecule has 1 aliphatic heterocycles. The van der Waals surface area contributed by atoms with Crippen LogP contribution < -0.4 is 10.2 Å². The van der Waals surface area contributed by atoms with E-state index in [1.54, 1.807) is 35.0 Å². The number of aromatic nitrogens is 4. The van der Waals surface area contributed by atoms with Crippen LogP contribution in [-0.2, 0) is 4.74 Å². The van der Waals surface area contributed by atoms with E-state index >= 15 is 0 Å². The van der Waals surface area contributed by atoms with Gasteiger partial charge in [-0.05, 0) is 41.8 Å². The Balaban J connectivity index is 1.53. The fourth-order valence-corrected chi connectivity index (χ4v) is 3.99. The smallest absolute Gasteiger partial charge is 0.232 e. The van der Waals surface area contributed by atoms with Gasteiger partial charge < -0.3 is 15.0 Å². The van der Waals surface area contributed by atoms with E-state index < -0.39 is 0 Å². The van der Waals surface area contributed by atoms with Crippen LogP contribution in [0.15, 0.2) is 54.7 Å². The van der Waals surface area contributed by atoms with Crippen molar-refractivity contribution >= 4 is 23.0 Å². The van der Waals surface area contributed by atoms with Crippen molar-refractivity contribution in [3.63, 3.8) is 0 Å². The van der Waals surface area contributed by atoms with Gasteiger partial charge in [0.1, 0.15) is 5.82 Å². The van der Waals surface area contributed by atoms with E-state index in [0.29, 0.717) is 28.9 Å². The van der Waals surface area contributed by atoms with Gasteiger partial charge in [-0.25, -0.2) is 9.37 Å². The number of nitrogens with zero attached hydrogens (tertiary/aromatic N) is 5. The van der Waals surface area contributed by atoms with E-state index in [4.69, 9.17) is 4.74 Å². The van der Waals surface area contributed by atoms with Gasteiger partial charge in [-0.1, -0.05) is 26.0 Å². The van der Waals surface area contributed by atoms with Crippen LogP contribution in [0.3, 0.4) is 0 Å². The molecule has 0 radical (unpaired) electrons. The van der Waals surface area contributed by atoms with E-state index in [9.17, 15) is 4.39 Å². The Morgan fingerprint density at radius 3 is 2.62 bits per heavy atom. The summed E-state index contributed by atoms with van der Waals surface area (Å²) < 4.78 is 21.5. The second kappa shape index (κ2) is 8.55. The molecule has 0 spiro atoms. The number of morpholine rings is 1. The van der Waals surface area contributed by atoms with Crippen LogP contribution in [0.2, 0.25) is 0 Å². The minimum atomic E-state index is -0.362. The minimum absolute atomic E-state index is 0.313. The molecule has 7 nitrogen and oxygen atoms in total. The Labute approximate surface area is 185 Å². The van der Waals surface area contributed by atoms with Crippen molar-refractivity contribution in [2.45, 2.75) is 19.8 Å². The Morgan fingerprint density at radius 2 is 1.84 bits per heavy atom. The molecular formula is C24H25FN6O. The van der Waals surface area contributed by atoms with Gasteiger partial charge in [0, 0.05) is 30.5 Å². The van der Waals surface area contributed by atoms with E-state index in [-0.39, 0.29) is 5.82 Å². The van der Waals surface area contributed by atoms with Gasteiger partial charge >= 0.3 is 0 Å². The van der Waals surface area contributed by atoms with Crippen LogP contribution >= 0.6 is 0 Å².